The number of hydrogen-bond donors (Lipinski definition) is 1. The Hall–Kier alpha value is -2.91. The average Bonchev–Trinajstić information content (AvgIpc) is 2.60. The first-order valence-corrected chi connectivity index (χ1v) is 7.88. The van der Waals surface area contributed by atoms with Crippen LogP contribution in [0.15, 0.2) is 24.3 Å². The van der Waals surface area contributed by atoms with Crippen molar-refractivity contribution in [2.45, 2.75) is 32.0 Å². The van der Waals surface area contributed by atoms with Crippen molar-refractivity contribution in [2.75, 3.05) is 13.2 Å². The first-order valence-electron chi connectivity index (χ1n) is 7.88. The van der Waals surface area contributed by atoms with Crippen LogP contribution in [-0.4, -0.2) is 42.9 Å². The van der Waals surface area contributed by atoms with Crippen LogP contribution >= 0.6 is 0 Å². The number of carbonyl (C=O) groups is 4. The standard InChI is InChI=1S/C17H18F3NO6/c1-3-26-14(24)16(21-10-22,15(25)27-4-2)9-13(23)11-5-7-12(8-6-11)17(18,19)20/h5-8,10H,3-4,9H2,1-2H3,(H,21,22). The quantitative estimate of drug-likeness (QED) is 0.300. The first kappa shape index (κ1) is 22.1. The Balaban J connectivity index is 3.23. The maximum Gasteiger partial charge on any atom is 0.416 e. The topological polar surface area (TPSA) is 98.8 Å². The minimum atomic E-state index is -4.58. The molecule has 0 aromatic heterocycles. The number of benzene rings is 1. The number of Topliss-reactive ketones (excluding diaryl/α,β-unsaturated/α-hetero) is 1. The Kier molecular flexibility index (Phi) is 7.50. The molecule has 0 aliphatic heterocycles. The van der Waals surface area contributed by atoms with E-state index in [1.807, 2.05) is 5.32 Å². The predicted octanol–water partition coefficient (Wildman–Crippen LogP) is 1.89. The van der Waals surface area contributed by atoms with E-state index in [0.29, 0.717) is 12.1 Å². The summed E-state index contributed by atoms with van der Waals surface area (Å²) >= 11 is 0. The van der Waals surface area contributed by atoms with Crippen LogP contribution in [0.4, 0.5) is 13.2 Å². The number of ether oxygens (including phenoxy) is 2. The van der Waals surface area contributed by atoms with E-state index in [9.17, 15) is 32.3 Å². The Morgan fingerprint density at radius 2 is 1.48 bits per heavy atom. The third-order valence-corrected chi connectivity index (χ3v) is 3.51. The molecular formula is C17H18F3NO6. The zero-order valence-electron chi connectivity index (χ0n) is 14.6. The molecule has 10 heteroatoms. The van der Waals surface area contributed by atoms with Crippen LogP contribution in [0.2, 0.25) is 0 Å². The summed E-state index contributed by atoms with van der Waals surface area (Å²) in [4.78, 5) is 48.0. The highest BCUT2D eigenvalue weighted by Crippen LogP contribution is 2.29. The highest BCUT2D eigenvalue weighted by Gasteiger charge is 2.50. The second-order valence-electron chi connectivity index (χ2n) is 5.28. The number of nitrogens with one attached hydrogen (secondary N) is 1. The van der Waals surface area contributed by atoms with E-state index >= 15 is 0 Å². The Morgan fingerprint density at radius 3 is 1.85 bits per heavy atom. The van der Waals surface area contributed by atoms with Gasteiger partial charge in [0, 0.05) is 5.56 Å². The molecule has 0 aliphatic carbocycles. The van der Waals surface area contributed by atoms with Crippen molar-refractivity contribution in [3.63, 3.8) is 0 Å². The molecule has 0 atom stereocenters. The largest absolute Gasteiger partial charge is 0.464 e. The number of rotatable bonds is 9. The lowest BCUT2D eigenvalue weighted by Gasteiger charge is -2.27. The summed E-state index contributed by atoms with van der Waals surface area (Å²) in [6.07, 6.45) is -5.43. The fraction of sp³-hybridized carbons (Fsp3) is 0.412. The minimum Gasteiger partial charge on any atom is -0.464 e. The molecule has 1 aromatic rings. The highest BCUT2D eigenvalue weighted by molar-refractivity contribution is 6.12. The summed E-state index contributed by atoms with van der Waals surface area (Å²) in [5, 5.41) is 1.97. The summed E-state index contributed by atoms with van der Waals surface area (Å²) in [7, 11) is 0. The molecule has 0 saturated heterocycles. The SMILES string of the molecule is CCOC(=O)C(CC(=O)c1ccc(C(F)(F)F)cc1)(NC=O)C(=O)OCC. The normalized spacial score (nSPS) is 11.4. The van der Waals surface area contributed by atoms with Crippen LogP contribution < -0.4 is 5.32 Å². The van der Waals surface area contributed by atoms with E-state index in [4.69, 9.17) is 9.47 Å². The Labute approximate surface area is 152 Å². The van der Waals surface area contributed by atoms with Crippen LogP contribution in [0.1, 0.15) is 36.2 Å². The molecule has 7 nitrogen and oxygen atoms in total. The number of esters is 2. The third kappa shape index (κ3) is 5.28. The number of halogens is 3. The van der Waals surface area contributed by atoms with Crippen molar-refractivity contribution in [1.29, 1.82) is 0 Å². The molecule has 1 aromatic carbocycles. The summed E-state index contributed by atoms with van der Waals surface area (Å²) < 4.78 is 47.4. The van der Waals surface area contributed by atoms with Crippen LogP contribution in [0, 0.1) is 0 Å². The van der Waals surface area contributed by atoms with E-state index in [-0.39, 0.29) is 25.2 Å². The summed E-state index contributed by atoms with van der Waals surface area (Å²) in [5.74, 6) is -3.29. The molecule has 0 fully saturated rings. The second-order valence-corrected chi connectivity index (χ2v) is 5.28. The van der Waals surface area contributed by atoms with Crippen LogP contribution in [-0.2, 0) is 30.0 Å². The van der Waals surface area contributed by atoms with Gasteiger partial charge in [0.15, 0.2) is 5.78 Å². The van der Waals surface area contributed by atoms with Gasteiger partial charge in [-0.2, -0.15) is 13.2 Å². The summed E-state index contributed by atoms with van der Waals surface area (Å²) in [6, 6.07) is 3.20. The van der Waals surface area contributed by atoms with Crippen molar-refractivity contribution in [3.8, 4) is 0 Å². The highest BCUT2D eigenvalue weighted by atomic mass is 19.4. The maximum absolute atomic E-state index is 12.6. The molecule has 1 N–H and O–H groups in total. The molecule has 1 amide bonds. The van der Waals surface area contributed by atoms with E-state index in [0.717, 1.165) is 12.1 Å². The van der Waals surface area contributed by atoms with Gasteiger partial charge in [-0.05, 0) is 26.0 Å². The van der Waals surface area contributed by atoms with E-state index in [1.165, 1.54) is 13.8 Å². The van der Waals surface area contributed by atoms with Gasteiger partial charge >= 0.3 is 18.1 Å². The molecule has 148 valence electrons. The van der Waals surface area contributed by atoms with Gasteiger partial charge in [-0.25, -0.2) is 9.59 Å². The van der Waals surface area contributed by atoms with Gasteiger partial charge in [-0.3, -0.25) is 9.59 Å². The van der Waals surface area contributed by atoms with E-state index in [1.54, 1.807) is 0 Å². The van der Waals surface area contributed by atoms with Gasteiger partial charge in [0.05, 0.1) is 25.2 Å². The molecule has 1 rings (SSSR count). The van der Waals surface area contributed by atoms with Crippen LogP contribution in [0.3, 0.4) is 0 Å². The number of carbonyl (C=O) groups excluding carboxylic acids is 4. The van der Waals surface area contributed by atoms with Crippen molar-refractivity contribution >= 4 is 24.1 Å². The van der Waals surface area contributed by atoms with E-state index < -0.39 is 41.4 Å². The summed E-state index contributed by atoms with van der Waals surface area (Å²) in [5.41, 5.74) is -3.59. The fourth-order valence-corrected chi connectivity index (χ4v) is 2.19. The second kappa shape index (κ2) is 9.15. The number of amides is 1. The first-order chi connectivity index (χ1) is 12.6. The van der Waals surface area contributed by atoms with Crippen molar-refractivity contribution < 1.29 is 41.8 Å². The zero-order valence-corrected chi connectivity index (χ0v) is 14.6. The predicted molar refractivity (Wildman–Crippen MR) is 85.6 cm³/mol. The molecule has 0 spiro atoms. The van der Waals surface area contributed by atoms with Gasteiger partial charge in [-0.15, -0.1) is 0 Å². The minimum absolute atomic E-state index is 0.0356. The number of ketones is 1. The van der Waals surface area contributed by atoms with Crippen LogP contribution in [0.25, 0.3) is 0 Å². The van der Waals surface area contributed by atoms with Crippen molar-refractivity contribution in [1.82, 2.24) is 5.32 Å². The lowest BCUT2D eigenvalue weighted by molar-refractivity contribution is -0.167. The van der Waals surface area contributed by atoms with Crippen molar-refractivity contribution in [3.05, 3.63) is 35.4 Å². The van der Waals surface area contributed by atoms with E-state index in [2.05, 4.69) is 0 Å². The molecule has 0 aliphatic rings. The molecule has 0 radical (unpaired) electrons. The molecule has 0 bridgehead atoms. The summed E-state index contributed by atoms with van der Waals surface area (Å²) in [6.45, 7) is 2.61. The molecule has 0 unspecified atom stereocenters. The molecule has 27 heavy (non-hydrogen) atoms. The van der Waals surface area contributed by atoms with Crippen molar-refractivity contribution in [2.24, 2.45) is 0 Å². The monoisotopic (exact) mass is 389 g/mol. The maximum atomic E-state index is 12.6. The average molecular weight is 389 g/mol. The Morgan fingerprint density at radius 1 is 1.00 bits per heavy atom. The van der Waals surface area contributed by atoms with Gasteiger partial charge in [0.1, 0.15) is 0 Å². The third-order valence-electron chi connectivity index (χ3n) is 3.51. The molecule has 0 saturated carbocycles. The van der Waals surface area contributed by atoms with Gasteiger partial charge < -0.3 is 14.8 Å². The van der Waals surface area contributed by atoms with Crippen LogP contribution in [0.5, 0.6) is 0 Å². The fourth-order valence-electron chi connectivity index (χ4n) is 2.19. The van der Waals surface area contributed by atoms with Gasteiger partial charge in [-0.1, -0.05) is 12.1 Å². The number of hydrogen-bond acceptors (Lipinski definition) is 6. The molecular weight excluding hydrogens is 371 g/mol. The lowest BCUT2D eigenvalue weighted by Crippen LogP contribution is -2.60. The van der Waals surface area contributed by atoms with Gasteiger partial charge in [0.2, 0.25) is 11.9 Å². The van der Waals surface area contributed by atoms with Gasteiger partial charge in [0.25, 0.3) is 0 Å². The molecule has 0 heterocycles. The number of alkyl halides is 3. The zero-order chi connectivity index (χ0) is 20.7. The Bertz CT molecular complexity index is 682. The lowest BCUT2D eigenvalue weighted by atomic mass is 9.90. The smallest absolute Gasteiger partial charge is 0.416 e.